The molecule has 0 aliphatic heterocycles. The Balaban J connectivity index is 2.53. The van der Waals surface area contributed by atoms with Crippen LogP contribution in [-0.2, 0) is 0 Å². The lowest BCUT2D eigenvalue weighted by Gasteiger charge is -2.08. The van der Waals surface area contributed by atoms with Gasteiger partial charge in [0.2, 0.25) is 5.96 Å². The molecule has 106 valence electrons. The standard InChI is InChI=1S/C15H14N4O2/c16-15(17)19-18-9-10-5-1-2-6-11(10)12-7-3-4-8-13(12)14(20)21/h1-9H,(H,20,21)(H4,16,17,19). The molecule has 2 rings (SSSR count). The van der Waals surface area contributed by atoms with E-state index in [4.69, 9.17) is 11.5 Å². The fourth-order valence-electron chi connectivity index (χ4n) is 1.92. The molecular weight excluding hydrogens is 268 g/mol. The smallest absolute Gasteiger partial charge is 0.336 e. The molecule has 0 amide bonds. The van der Waals surface area contributed by atoms with Gasteiger partial charge in [0.1, 0.15) is 0 Å². The van der Waals surface area contributed by atoms with Crippen LogP contribution >= 0.6 is 0 Å². The highest BCUT2D eigenvalue weighted by molar-refractivity contribution is 6.00. The quantitative estimate of drug-likeness (QED) is 0.449. The van der Waals surface area contributed by atoms with E-state index < -0.39 is 5.97 Å². The van der Waals surface area contributed by atoms with Crippen LogP contribution in [0.25, 0.3) is 11.1 Å². The van der Waals surface area contributed by atoms with Crippen molar-refractivity contribution < 1.29 is 9.90 Å². The van der Waals surface area contributed by atoms with Gasteiger partial charge in [-0.3, -0.25) is 0 Å². The van der Waals surface area contributed by atoms with Gasteiger partial charge in [-0.25, -0.2) is 4.79 Å². The summed E-state index contributed by atoms with van der Waals surface area (Å²) in [6.45, 7) is 0. The highest BCUT2D eigenvalue weighted by Gasteiger charge is 2.12. The zero-order valence-electron chi connectivity index (χ0n) is 11.1. The number of hydrogen-bond donors (Lipinski definition) is 3. The van der Waals surface area contributed by atoms with E-state index in [1.807, 2.05) is 18.2 Å². The van der Waals surface area contributed by atoms with E-state index in [9.17, 15) is 9.90 Å². The van der Waals surface area contributed by atoms with Crippen molar-refractivity contribution in [1.29, 1.82) is 0 Å². The van der Waals surface area contributed by atoms with Crippen molar-refractivity contribution in [3.63, 3.8) is 0 Å². The number of benzene rings is 2. The molecule has 0 aromatic heterocycles. The molecule has 0 saturated carbocycles. The van der Waals surface area contributed by atoms with Crippen molar-refractivity contribution in [2.75, 3.05) is 0 Å². The molecule has 21 heavy (non-hydrogen) atoms. The number of rotatable bonds is 4. The molecule has 0 spiro atoms. The maximum absolute atomic E-state index is 11.3. The Morgan fingerprint density at radius 1 is 1.00 bits per heavy atom. The highest BCUT2D eigenvalue weighted by Crippen LogP contribution is 2.26. The second-order valence-corrected chi connectivity index (χ2v) is 4.21. The van der Waals surface area contributed by atoms with Crippen molar-refractivity contribution in [2.45, 2.75) is 0 Å². The van der Waals surface area contributed by atoms with Crippen molar-refractivity contribution in [3.8, 4) is 11.1 Å². The molecule has 0 heterocycles. The van der Waals surface area contributed by atoms with E-state index in [1.54, 1.807) is 30.3 Å². The first-order chi connectivity index (χ1) is 10.1. The summed E-state index contributed by atoms with van der Waals surface area (Å²) in [5.74, 6) is -1.13. The fraction of sp³-hybridized carbons (Fsp3) is 0. The monoisotopic (exact) mass is 282 g/mol. The van der Waals surface area contributed by atoms with Crippen LogP contribution in [0.4, 0.5) is 0 Å². The predicted molar refractivity (Wildman–Crippen MR) is 82.2 cm³/mol. The summed E-state index contributed by atoms with van der Waals surface area (Å²) in [6, 6.07) is 14.0. The van der Waals surface area contributed by atoms with E-state index >= 15 is 0 Å². The molecule has 0 aliphatic carbocycles. The number of guanidine groups is 1. The van der Waals surface area contributed by atoms with Crippen LogP contribution in [0.2, 0.25) is 0 Å². The van der Waals surface area contributed by atoms with Gasteiger partial charge in [-0.05, 0) is 17.2 Å². The van der Waals surface area contributed by atoms with Crippen LogP contribution < -0.4 is 11.5 Å². The Labute approximate surface area is 121 Å². The van der Waals surface area contributed by atoms with Crippen LogP contribution in [0.15, 0.2) is 58.7 Å². The average molecular weight is 282 g/mol. The number of carboxylic acids is 1. The van der Waals surface area contributed by atoms with E-state index in [-0.39, 0.29) is 11.5 Å². The summed E-state index contributed by atoms with van der Waals surface area (Å²) in [6.07, 6.45) is 1.48. The summed E-state index contributed by atoms with van der Waals surface area (Å²) in [7, 11) is 0. The maximum atomic E-state index is 11.3. The SMILES string of the molecule is NC(N)=NN=Cc1ccccc1-c1ccccc1C(=O)O. The maximum Gasteiger partial charge on any atom is 0.336 e. The summed E-state index contributed by atoms with van der Waals surface area (Å²) in [5.41, 5.74) is 12.7. The average Bonchev–Trinajstić information content (AvgIpc) is 2.47. The predicted octanol–water partition coefficient (Wildman–Crippen LogP) is 1.66. The van der Waals surface area contributed by atoms with Gasteiger partial charge in [-0.15, -0.1) is 5.10 Å². The Kier molecular flexibility index (Phi) is 4.30. The Morgan fingerprint density at radius 2 is 1.62 bits per heavy atom. The topological polar surface area (TPSA) is 114 Å². The molecule has 2 aromatic rings. The van der Waals surface area contributed by atoms with E-state index in [1.165, 1.54) is 6.21 Å². The lowest BCUT2D eigenvalue weighted by Crippen LogP contribution is -2.21. The van der Waals surface area contributed by atoms with Gasteiger partial charge in [0.15, 0.2) is 0 Å². The van der Waals surface area contributed by atoms with Gasteiger partial charge in [0, 0.05) is 5.56 Å². The van der Waals surface area contributed by atoms with Gasteiger partial charge in [-0.1, -0.05) is 42.5 Å². The number of nitrogens with zero attached hydrogens (tertiary/aromatic N) is 2. The minimum Gasteiger partial charge on any atom is -0.478 e. The molecule has 5 N–H and O–H groups in total. The first-order valence-corrected chi connectivity index (χ1v) is 6.13. The van der Waals surface area contributed by atoms with Crippen LogP contribution in [-0.4, -0.2) is 23.2 Å². The lowest BCUT2D eigenvalue weighted by molar-refractivity contribution is 0.0697. The van der Waals surface area contributed by atoms with Crippen LogP contribution in [0.5, 0.6) is 0 Å². The third-order valence-corrected chi connectivity index (χ3v) is 2.78. The minimum atomic E-state index is -0.985. The van der Waals surface area contributed by atoms with Gasteiger partial charge >= 0.3 is 5.97 Å². The molecular formula is C15H14N4O2. The van der Waals surface area contributed by atoms with Gasteiger partial charge in [0.25, 0.3) is 0 Å². The molecule has 6 nitrogen and oxygen atoms in total. The first-order valence-electron chi connectivity index (χ1n) is 6.13. The zero-order valence-corrected chi connectivity index (χ0v) is 11.1. The lowest BCUT2D eigenvalue weighted by atomic mass is 9.96. The Bertz CT molecular complexity index is 719. The van der Waals surface area contributed by atoms with Crippen molar-refractivity contribution >= 4 is 18.1 Å². The largest absolute Gasteiger partial charge is 0.478 e. The molecule has 0 radical (unpaired) electrons. The number of hydrogen-bond acceptors (Lipinski definition) is 3. The van der Waals surface area contributed by atoms with Crippen LogP contribution in [0.3, 0.4) is 0 Å². The van der Waals surface area contributed by atoms with Crippen molar-refractivity contribution in [2.24, 2.45) is 21.7 Å². The van der Waals surface area contributed by atoms with Gasteiger partial charge in [0.05, 0.1) is 11.8 Å². The molecule has 0 atom stereocenters. The summed E-state index contributed by atoms with van der Waals surface area (Å²) in [5, 5.41) is 16.6. The van der Waals surface area contributed by atoms with Crippen molar-refractivity contribution in [3.05, 3.63) is 59.7 Å². The Morgan fingerprint density at radius 3 is 2.29 bits per heavy atom. The molecule has 0 aliphatic rings. The van der Waals surface area contributed by atoms with Gasteiger partial charge < -0.3 is 16.6 Å². The summed E-state index contributed by atoms with van der Waals surface area (Å²) >= 11 is 0. The van der Waals surface area contributed by atoms with Crippen LogP contribution in [0, 0.1) is 0 Å². The van der Waals surface area contributed by atoms with Crippen molar-refractivity contribution in [1.82, 2.24) is 0 Å². The zero-order chi connectivity index (χ0) is 15.2. The summed E-state index contributed by atoms with van der Waals surface area (Å²) < 4.78 is 0. The number of carbonyl (C=O) groups is 1. The summed E-state index contributed by atoms with van der Waals surface area (Å²) in [4.78, 5) is 11.3. The third-order valence-electron chi connectivity index (χ3n) is 2.78. The normalized spacial score (nSPS) is 10.5. The third kappa shape index (κ3) is 3.44. The fourth-order valence-corrected chi connectivity index (χ4v) is 1.92. The number of aromatic carboxylic acids is 1. The first kappa shape index (κ1) is 14.3. The minimum absolute atomic E-state index is 0.144. The molecule has 0 saturated heterocycles. The molecule has 0 fully saturated rings. The second kappa shape index (κ2) is 6.33. The van der Waals surface area contributed by atoms with E-state index in [2.05, 4.69) is 10.2 Å². The molecule has 6 heteroatoms. The Hall–Kier alpha value is -3.15. The molecule has 0 unspecified atom stereocenters. The second-order valence-electron chi connectivity index (χ2n) is 4.21. The number of carboxylic acid groups (broad SMARTS) is 1. The molecule has 2 aromatic carbocycles. The molecule has 0 bridgehead atoms. The van der Waals surface area contributed by atoms with E-state index in [0.29, 0.717) is 5.56 Å². The number of nitrogens with two attached hydrogens (primary N) is 2. The highest BCUT2D eigenvalue weighted by atomic mass is 16.4. The van der Waals surface area contributed by atoms with Crippen LogP contribution in [0.1, 0.15) is 15.9 Å². The van der Waals surface area contributed by atoms with Gasteiger partial charge in [-0.2, -0.15) is 5.10 Å². The van der Waals surface area contributed by atoms with E-state index in [0.717, 1.165) is 11.1 Å².